The predicted molar refractivity (Wildman–Crippen MR) is 81.6 cm³/mol. The van der Waals surface area contributed by atoms with Gasteiger partial charge in [-0.15, -0.1) is 5.10 Å². The van der Waals surface area contributed by atoms with Gasteiger partial charge in [0.05, 0.1) is 25.3 Å². The zero-order chi connectivity index (χ0) is 15.4. The molecule has 0 N–H and O–H groups in total. The number of ether oxygens (including phenoxy) is 1. The van der Waals surface area contributed by atoms with Crippen molar-refractivity contribution in [1.29, 1.82) is 0 Å². The Hall–Kier alpha value is -2.37. The van der Waals surface area contributed by atoms with Crippen LogP contribution in [-0.4, -0.2) is 45.5 Å². The monoisotopic (exact) mass is 300 g/mol. The van der Waals surface area contributed by atoms with E-state index in [0.717, 1.165) is 24.3 Å². The van der Waals surface area contributed by atoms with E-state index in [-0.39, 0.29) is 11.9 Å². The van der Waals surface area contributed by atoms with Crippen LogP contribution in [0.4, 0.5) is 0 Å². The lowest BCUT2D eigenvalue weighted by Gasteiger charge is -2.16. The summed E-state index contributed by atoms with van der Waals surface area (Å²) in [5.74, 6) is 0.998. The Kier molecular flexibility index (Phi) is 4.37. The van der Waals surface area contributed by atoms with E-state index in [1.165, 1.54) is 0 Å². The first-order valence-electron chi connectivity index (χ1n) is 7.61. The third-order valence-electron chi connectivity index (χ3n) is 3.92. The van der Waals surface area contributed by atoms with Gasteiger partial charge in [0.2, 0.25) is 5.91 Å². The lowest BCUT2D eigenvalue weighted by Crippen LogP contribution is -2.30. The molecule has 1 aromatic heterocycles. The maximum absolute atomic E-state index is 12.4. The van der Waals surface area contributed by atoms with Crippen LogP contribution in [0.2, 0.25) is 0 Å². The van der Waals surface area contributed by atoms with Gasteiger partial charge in [-0.1, -0.05) is 17.3 Å². The summed E-state index contributed by atoms with van der Waals surface area (Å²) < 4.78 is 7.25. The molecule has 1 amide bonds. The Bertz CT molecular complexity index is 610. The minimum atomic E-state index is 0.159. The molecular formula is C16H20N4O2. The molecule has 1 atom stereocenters. The molecule has 0 saturated carbocycles. The van der Waals surface area contributed by atoms with Crippen LogP contribution in [0.1, 0.15) is 24.9 Å². The van der Waals surface area contributed by atoms with Crippen LogP contribution in [0.5, 0.6) is 5.75 Å². The second-order valence-corrected chi connectivity index (χ2v) is 5.42. The van der Waals surface area contributed by atoms with E-state index in [4.69, 9.17) is 4.74 Å². The smallest absolute Gasteiger partial charge is 0.227 e. The fraction of sp³-hybridized carbons (Fsp3) is 0.438. The molecule has 1 aromatic carbocycles. The van der Waals surface area contributed by atoms with Crippen molar-refractivity contribution in [3.63, 3.8) is 0 Å². The number of likely N-dealkylation sites (tertiary alicyclic amines) is 1. The van der Waals surface area contributed by atoms with Gasteiger partial charge in [-0.3, -0.25) is 4.79 Å². The van der Waals surface area contributed by atoms with Gasteiger partial charge < -0.3 is 9.64 Å². The van der Waals surface area contributed by atoms with Crippen LogP contribution in [-0.2, 0) is 11.2 Å². The third-order valence-corrected chi connectivity index (χ3v) is 3.92. The van der Waals surface area contributed by atoms with Crippen molar-refractivity contribution in [1.82, 2.24) is 19.9 Å². The molecule has 1 aliphatic heterocycles. The first-order valence-corrected chi connectivity index (χ1v) is 7.61. The zero-order valence-corrected chi connectivity index (χ0v) is 12.7. The molecule has 1 unspecified atom stereocenters. The summed E-state index contributed by atoms with van der Waals surface area (Å²) in [4.78, 5) is 14.3. The molecular weight excluding hydrogens is 280 g/mol. The lowest BCUT2D eigenvalue weighted by molar-refractivity contribution is -0.129. The number of carbonyl (C=O) groups excluding carboxylic acids is 1. The summed E-state index contributed by atoms with van der Waals surface area (Å²) in [6.45, 7) is 4.09. The summed E-state index contributed by atoms with van der Waals surface area (Å²) >= 11 is 0. The van der Waals surface area contributed by atoms with E-state index in [1.807, 2.05) is 47.0 Å². The molecule has 1 aliphatic rings. The highest BCUT2D eigenvalue weighted by Crippen LogP contribution is 2.21. The van der Waals surface area contributed by atoms with E-state index in [1.54, 1.807) is 6.20 Å². The number of benzene rings is 1. The Balaban J connectivity index is 1.56. The summed E-state index contributed by atoms with van der Waals surface area (Å²) in [6, 6.07) is 7.97. The van der Waals surface area contributed by atoms with Crippen molar-refractivity contribution >= 4 is 5.91 Å². The van der Waals surface area contributed by atoms with Gasteiger partial charge in [0.15, 0.2) is 0 Å². The van der Waals surface area contributed by atoms with Crippen LogP contribution in [0.3, 0.4) is 0 Å². The van der Waals surface area contributed by atoms with Gasteiger partial charge in [-0.2, -0.15) is 0 Å². The predicted octanol–water partition coefficient (Wildman–Crippen LogP) is 1.69. The van der Waals surface area contributed by atoms with E-state index < -0.39 is 0 Å². The summed E-state index contributed by atoms with van der Waals surface area (Å²) in [5, 5.41) is 7.84. The second-order valence-electron chi connectivity index (χ2n) is 5.42. The number of hydrogen-bond donors (Lipinski definition) is 0. The van der Waals surface area contributed by atoms with Crippen molar-refractivity contribution in [2.24, 2.45) is 0 Å². The minimum Gasteiger partial charge on any atom is -0.494 e. The van der Waals surface area contributed by atoms with Crippen LogP contribution < -0.4 is 4.74 Å². The van der Waals surface area contributed by atoms with Crippen LogP contribution in [0, 0.1) is 0 Å². The van der Waals surface area contributed by atoms with Crippen LogP contribution >= 0.6 is 0 Å². The van der Waals surface area contributed by atoms with E-state index in [9.17, 15) is 4.79 Å². The van der Waals surface area contributed by atoms with Gasteiger partial charge in [0.1, 0.15) is 5.75 Å². The first kappa shape index (κ1) is 14.6. The van der Waals surface area contributed by atoms with Crippen molar-refractivity contribution < 1.29 is 9.53 Å². The molecule has 3 rings (SSSR count). The number of carbonyl (C=O) groups is 1. The fourth-order valence-electron chi connectivity index (χ4n) is 2.75. The SMILES string of the molecule is CCOc1ccc(CC(=O)N2CCC(n3ccnn3)C2)cc1. The highest BCUT2D eigenvalue weighted by molar-refractivity contribution is 5.79. The van der Waals surface area contributed by atoms with E-state index >= 15 is 0 Å². The Morgan fingerprint density at radius 3 is 2.86 bits per heavy atom. The molecule has 22 heavy (non-hydrogen) atoms. The van der Waals surface area contributed by atoms with Gasteiger partial charge in [0, 0.05) is 19.3 Å². The third kappa shape index (κ3) is 3.27. The van der Waals surface area contributed by atoms with Gasteiger partial charge in [-0.05, 0) is 31.0 Å². The largest absolute Gasteiger partial charge is 0.494 e. The van der Waals surface area contributed by atoms with Gasteiger partial charge in [-0.25, -0.2) is 4.68 Å². The Morgan fingerprint density at radius 2 is 2.18 bits per heavy atom. The Labute approximate surface area is 129 Å². The van der Waals surface area contributed by atoms with Crippen molar-refractivity contribution in [2.45, 2.75) is 25.8 Å². The molecule has 1 fully saturated rings. The summed E-state index contributed by atoms with van der Waals surface area (Å²) in [5.41, 5.74) is 1.01. The number of rotatable bonds is 5. The van der Waals surface area contributed by atoms with Crippen LogP contribution in [0.15, 0.2) is 36.7 Å². The van der Waals surface area contributed by atoms with E-state index in [0.29, 0.717) is 19.6 Å². The quantitative estimate of drug-likeness (QED) is 0.843. The average molecular weight is 300 g/mol. The molecule has 116 valence electrons. The first-order chi connectivity index (χ1) is 10.8. The number of hydrogen-bond acceptors (Lipinski definition) is 4. The molecule has 0 bridgehead atoms. The highest BCUT2D eigenvalue weighted by Gasteiger charge is 2.27. The molecule has 1 saturated heterocycles. The molecule has 6 heteroatoms. The van der Waals surface area contributed by atoms with Crippen molar-refractivity contribution in [3.8, 4) is 5.75 Å². The maximum Gasteiger partial charge on any atom is 0.227 e. The minimum absolute atomic E-state index is 0.159. The zero-order valence-electron chi connectivity index (χ0n) is 12.7. The number of aromatic nitrogens is 3. The standard InChI is InChI=1S/C16H20N4O2/c1-2-22-15-5-3-13(4-6-15)11-16(21)19-9-7-14(12-19)20-10-8-17-18-20/h3-6,8,10,14H,2,7,9,11-12H2,1H3. The highest BCUT2D eigenvalue weighted by atomic mass is 16.5. The maximum atomic E-state index is 12.4. The van der Waals surface area contributed by atoms with Crippen molar-refractivity contribution in [2.75, 3.05) is 19.7 Å². The van der Waals surface area contributed by atoms with Crippen LogP contribution in [0.25, 0.3) is 0 Å². The molecule has 6 nitrogen and oxygen atoms in total. The molecule has 2 aromatic rings. The number of amides is 1. The summed E-state index contributed by atoms with van der Waals surface area (Å²) in [7, 11) is 0. The molecule has 0 radical (unpaired) electrons. The average Bonchev–Trinajstić information content (AvgIpc) is 3.20. The van der Waals surface area contributed by atoms with Gasteiger partial charge >= 0.3 is 0 Å². The second kappa shape index (κ2) is 6.60. The molecule has 0 spiro atoms. The van der Waals surface area contributed by atoms with Crippen molar-refractivity contribution in [3.05, 3.63) is 42.2 Å². The lowest BCUT2D eigenvalue weighted by atomic mass is 10.1. The topological polar surface area (TPSA) is 60.2 Å². The Morgan fingerprint density at radius 1 is 1.36 bits per heavy atom. The summed E-state index contributed by atoms with van der Waals surface area (Å²) in [6.07, 6.45) is 4.88. The fourth-order valence-corrected chi connectivity index (χ4v) is 2.75. The molecule has 2 heterocycles. The normalized spacial score (nSPS) is 17.7. The molecule has 0 aliphatic carbocycles. The van der Waals surface area contributed by atoms with E-state index in [2.05, 4.69) is 10.3 Å². The number of nitrogens with zero attached hydrogens (tertiary/aromatic N) is 4. The van der Waals surface area contributed by atoms with Gasteiger partial charge in [0.25, 0.3) is 0 Å².